The molecule has 1 aromatic rings. The van der Waals surface area contributed by atoms with Crippen LogP contribution >= 0.6 is 12.4 Å². The molecular formula is C16H25ClN4O3. The smallest absolute Gasteiger partial charge is 0.319 e. The Balaban J connectivity index is 0.00000288. The zero-order chi connectivity index (χ0) is 16.7. The molecule has 2 rings (SSSR count). The molecular weight excluding hydrogens is 332 g/mol. The predicted octanol–water partition coefficient (Wildman–Crippen LogP) is 1.96. The van der Waals surface area contributed by atoms with Crippen molar-refractivity contribution in [3.8, 4) is 0 Å². The maximum absolute atomic E-state index is 12.2. The molecule has 1 atom stereocenters. The minimum absolute atomic E-state index is 0. The van der Waals surface area contributed by atoms with Crippen LogP contribution in [0.3, 0.4) is 0 Å². The molecule has 134 valence electrons. The second kappa shape index (κ2) is 10.1. The average molecular weight is 357 g/mol. The fraction of sp³-hybridized carbons (Fsp3) is 0.500. The first kappa shape index (κ1) is 20.2. The number of carbonyl (C=O) groups is 2. The lowest BCUT2D eigenvalue weighted by molar-refractivity contribution is -0.117. The lowest BCUT2D eigenvalue weighted by Gasteiger charge is -2.23. The van der Waals surface area contributed by atoms with Gasteiger partial charge in [0.05, 0.1) is 24.6 Å². The molecule has 1 fully saturated rings. The van der Waals surface area contributed by atoms with E-state index in [0.717, 1.165) is 6.54 Å². The van der Waals surface area contributed by atoms with Crippen LogP contribution < -0.4 is 21.3 Å². The number of hydrogen-bond acceptors (Lipinski definition) is 4. The van der Waals surface area contributed by atoms with E-state index >= 15 is 0 Å². The lowest BCUT2D eigenvalue weighted by atomic mass is 10.2. The average Bonchev–Trinajstić information content (AvgIpc) is 2.49. The van der Waals surface area contributed by atoms with E-state index in [-0.39, 0.29) is 36.4 Å². The maximum Gasteiger partial charge on any atom is 0.319 e. The Bertz CT molecular complexity index is 548. The summed E-state index contributed by atoms with van der Waals surface area (Å²) in [6.07, 6.45) is 0.326. The Morgan fingerprint density at radius 2 is 1.92 bits per heavy atom. The minimum atomic E-state index is -0.302. The molecule has 0 aliphatic carbocycles. The summed E-state index contributed by atoms with van der Waals surface area (Å²) in [5, 5.41) is 11.6. The fourth-order valence-corrected chi connectivity index (χ4v) is 2.30. The maximum atomic E-state index is 12.2. The monoisotopic (exact) mass is 356 g/mol. The summed E-state index contributed by atoms with van der Waals surface area (Å²) in [5.41, 5.74) is 1.14. The molecule has 7 nitrogen and oxygen atoms in total. The summed E-state index contributed by atoms with van der Waals surface area (Å²) in [5.74, 6) is -0.119. The van der Waals surface area contributed by atoms with Gasteiger partial charge in [-0.1, -0.05) is 12.1 Å². The molecule has 1 aromatic carbocycles. The van der Waals surface area contributed by atoms with Crippen molar-refractivity contribution in [2.45, 2.75) is 32.4 Å². The van der Waals surface area contributed by atoms with E-state index in [1.54, 1.807) is 18.2 Å². The van der Waals surface area contributed by atoms with Gasteiger partial charge >= 0.3 is 6.03 Å². The van der Waals surface area contributed by atoms with Gasteiger partial charge in [-0.05, 0) is 26.0 Å². The number of carbonyl (C=O) groups excluding carboxylic acids is 2. The van der Waals surface area contributed by atoms with Crippen LogP contribution in [0.5, 0.6) is 0 Å². The minimum Gasteiger partial charge on any atom is -0.378 e. The van der Waals surface area contributed by atoms with Gasteiger partial charge in [0.25, 0.3) is 0 Å². The lowest BCUT2D eigenvalue weighted by Crippen LogP contribution is -2.43. The molecule has 0 aromatic heterocycles. The topological polar surface area (TPSA) is 91.5 Å². The predicted molar refractivity (Wildman–Crippen MR) is 96.8 cm³/mol. The molecule has 0 bridgehead atoms. The van der Waals surface area contributed by atoms with Crippen LogP contribution in [0.1, 0.15) is 20.3 Å². The number of urea groups is 1. The number of halogens is 1. The molecule has 1 heterocycles. The van der Waals surface area contributed by atoms with E-state index in [1.165, 1.54) is 0 Å². The molecule has 1 aliphatic heterocycles. The van der Waals surface area contributed by atoms with Gasteiger partial charge in [0, 0.05) is 25.0 Å². The van der Waals surface area contributed by atoms with Crippen molar-refractivity contribution >= 4 is 35.7 Å². The number of hydrogen-bond donors (Lipinski definition) is 4. The first-order valence-corrected chi connectivity index (χ1v) is 7.82. The molecule has 1 unspecified atom stereocenters. The highest BCUT2D eigenvalue weighted by Gasteiger charge is 2.17. The van der Waals surface area contributed by atoms with Crippen molar-refractivity contribution in [1.29, 1.82) is 0 Å². The highest BCUT2D eigenvalue weighted by Crippen LogP contribution is 2.21. The van der Waals surface area contributed by atoms with Crippen molar-refractivity contribution in [2.24, 2.45) is 0 Å². The number of anilines is 2. The van der Waals surface area contributed by atoms with Crippen LogP contribution in [0.2, 0.25) is 0 Å². The molecule has 1 aliphatic rings. The summed E-state index contributed by atoms with van der Waals surface area (Å²) in [6, 6.07) is 6.87. The van der Waals surface area contributed by atoms with Gasteiger partial charge in [-0.2, -0.15) is 0 Å². The van der Waals surface area contributed by atoms with E-state index in [4.69, 9.17) is 4.74 Å². The third kappa shape index (κ3) is 6.74. The summed E-state index contributed by atoms with van der Waals surface area (Å²) >= 11 is 0. The van der Waals surface area contributed by atoms with Crippen LogP contribution in [0, 0.1) is 0 Å². The zero-order valence-electron chi connectivity index (χ0n) is 13.9. The third-order valence-corrected chi connectivity index (χ3v) is 3.30. The van der Waals surface area contributed by atoms with Crippen molar-refractivity contribution in [1.82, 2.24) is 10.6 Å². The Labute approximate surface area is 148 Å². The SMILES string of the molecule is CC(C)NC(=O)Nc1ccccc1NC(=O)CC1COCCN1.Cl. The fourth-order valence-electron chi connectivity index (χ4n) is 2.30. The highest BCUT2D eigenvalue weighted by molar-refractivity contribution is 5.99. The number of nitrogens with one attached hydrogen (secondary N) is 4. The molecule has 1 saturated heterocycles. The summed E-state index contributed by atoms with van der Waals surface area (Å²) < 4.78 is 5.34. The number of benzene rings is 1. The Morgan fingerprint density at radius 3 is 2.50 bits per heavy atom. The Hall–Kier alpha value is -1.83. The quantitative estimate of drug-likeness (QED) is 0.649. The normalized spacial score (nSPS) is 16.9. The van der Waals surface area contributed by atoms with Gasteiger partial charge in [0.15, 0.2) is 0 Å². The van der Waals surface area contributed by atoms with Crippen LogP contribution in [0.25, 0.3) is 0 Å². The van der Waals surface area contributed by atoms with E-state index < -0.39 is 0 Å². The number of ether oxygens (including phenoxy) is 1. The van der Waals surface area contributed by atoms with E-state index in [1.807, 2.05) is 19.9 Å². The van der Waals surface area contributed by atoms with Crippen molar-refractivity contribution in [3.63, 3.8) is 0 Å². The molecule has 3 amide bonds. The van der Waals surface area contributed by atoms with Gasteiger partial charge in [-0.25, -0.2) is 4.79 Å². The second-order valence-corrected chi connectivity index (χ2v) is 5.78. The largest absolute Gasteiger partial charge is 0.378 e. The third-order valence-electron chi connectivity index (χ3n) is 3.30. The molecule has 0 saturated carbocycles. The van der Waals surface area contributed by atoms with Gasteiger partial charge in [0.1, 0.15) is 0 Å². The molecule has 8 heteroatoms. The van der Waals surface area contributed by atoms with Crippen LogP contribution in [-0.2, 0) is 9.53 Å². The van der Waals surface area contributed by atoms with Crippen molar-refractivity contribution < 1.29 is 14.3 Å². The van der Waals surface area contributed by atoms with Crippen LogP contribution in [0.15, 0.2) is 24.3 Å². The van der Waals surface area contributed by atoms with Crippen LogP contribution in [0.4, 0.5) is 16.2 Å². The van der Waals surface area contributed by atoms with E-state index in [9.17, 15) is 9.59 Å². The number of morpholine rings is 1. The van der Waals surface area contributed by atoms with Gasteiger partial charge < -0.3 is 26.0 Å². The zero-order valence-corrected chi connectivity index (χ0v) is 14.7. The molecule has 24 heavy (non-hydrogen) atoms. The van der Waals surface area contributed by atoms with Crippen molar-refractivity contribution in [2.75, 3.05) is 30.4 Å². The number of rotatable bonds is 5. The molecule has 0 radical (unpaired) electrons. The van der Waals surface area contributed by atoms with Crippen molar-refractivity contribution in [3.05, 3.63) is 24.3 Å². The standard InChI is InChI=1S/C16H24N4O3.ClH/c1-11(2)18-16(22)20-14-6-4-3-5-13(14)19-15(21)9-12-10-23-8-7-17-12;/h3-6,11-12,17H,7-10H2,1-2H3,(H,19,21)(H2,18,20,22);1H. The summed E-state index contributed by atoms with van der Waals surface area (Å²) in [7, 11) is 0. The first-order valence-electron chi connectivity index (χ1n) is 7.82. The Kier molecular flexibility index (Phi) is 8.53. The summed E-state index contributed by atoms with van der Waals surface area (Å²) in [6.45, 7) is 5.73. The molecule has 0 spiro atoms. The van der Waals surface area contributed by atoms with Crippen LogP contribution in [-0.4, -0.2) is 43.8 Å². The second-order valence-electron chi connectivity index (χ2n) is 5.78. The van der Waals surface area contributed by atoms with E-state index in [0.29, 0.717) is 31.0 Å². The van der Waals surface area contributed by atoms with Gasteiger partial charge in [0.2, 0.25) is 5.91 Å². The molecule has 4 N–H and O–H groups in total. The number of amides is 3. The Morgan fingerprint density at radius 1 is 1.25 bits per heavy atom. The van der Waals surface area contributed by atoms with Gasteiger partial charge in [-0.15, -0.1) is 12.4 Å². The first-order chi connectivity index (χ1) is 11.0. The van der Waals surface area contributed by atoms with Gasteiger partial charge in [-0.3, -0.25) is 4.79 Å². The van der Waals surface area contributed by atoms with E-state index in [2.05, 4.69) is 21.3 Å². The highest BCUT2D eigenvalue weighted by atomic mass is 35.5. The summed E-state index contributed by atoms with van der Waals surface area (Å²) in [4.78, 5) is 24.0. The number of para-hydroxylation sites is 2.